The third-order valence-electron chi connectivity index (χ3n) is 5.04. The first-order valence-electron chi connectivity index (χ1n) is 8.65. The zero-order chi connectivity index (χ0) is 19.1. The van der Waals surface area contributed by atoms with Crippen molar-refractivity contribution < 1.29 is 9.90 Å². The summed E-state index contributed by atoms with van der Waals surface area (Å²) in [5.74, 6) is -0.923. The van der Waals surface area contributed by atoms with Crippen molar-refractivity contribution in [2.24, 2.45) is 4.99 Å². The number of fused-ring (bicyclic) bond motifs is 1. The number of allylic oxidation sites excluding steroid dienone is 1. The molecule has 1 aliphatic rings. The Morgan fingerprint density at radius 2 is 1.88 bits per heavy atom. The number of rotatable bonds is 3. The monoisotopic (exact) mass is 348 g/mol. The molecular weight excluding hydrogens is 324 g/mol. The van der Waals surface area contributed by atoms with Crippen LogP contribution < -0.4 is 4.90 Å². The Morgan fingerprint density at radius 3 is 2.54 bits per heavy atom. The van der Waals surface area contributed by atoms with Crippen molar-refractivity contribution in [2.45, 2.75) is 33.2 Å². The number of likely N-dealkylation sites (N-methyl/N-ethyl adjacent to an activating group) is 1. The molecule has 0 radical (unpaired) electrons. The Hall–Kier alpha value is -2.88. The van der Waals surface area contributed by atoms with Crippen LogP contribution in [0.25, 0.3) is 5.57 Å². The standard InChI is InChI=1S/C22H24N2O2/c1-14-10-17(21(25)26)7-8-19(14)23-13-16-6-9-20-18(11-16)15(2)12-22(3,4)24(20)5/h6-13H,1-5H3,(H,25,26). The van der Waals surface area contributed by atoms with Crippen LogP contribution in [0.15, 0.2) is 47.5 Å². The summed E-state index contributed by atoms with van der Waals surface area (Å²) in [5, 5.41) is 9.06. The quantitative estimate of drug-likeness (QED) is 0.787. The molecule has 0 atom stereocenters. The second kappa shape index (κ2) is 6.45. The number of carboxylic acid groups (broad SMARTS) is 1. The van der Waals surface area contributed by atoms with Gasteiger partial charge in [0.05, 0.1) is 16.8 Å². The van der Waals surface area contributed by atoms with Gasteiger partial charge in [-0.15, -0.1) is 0 Å². The van der Waals surface area contributed by atoms with Gasteiger partial charge in [0, 0.05) is 24.5 Å². The van der Waals surface area contributed by atoms with Gasteiger partial charge in [-0.2, -0.15) is 0 Å². The van der Waals surface area contributed by atoms with E-state index in [2.05, 4.69) is 62.0 Å². The molecule has 1 heterocycles. The minimum Gasteiger partial charge on any atom is -0.478 e. The van der Waals surface area contributed by atoms with Crippen LogP contribution in [0, 0.1) is 6.92 Å². The molecule has 0 aromatic heterocycles. The van der Waals surface area contributed by atoms with Gasteiger partial charge in [-0.1, -0.05) is 12.1 Å². The van der Waals surface area contributed by atoms with Crippen LogP contribution >= 0.6 is 0 Å². The summed E-state index contributed by atoms with van der Waals surface area (Å²) in [7, 11) is 2.11. The average molecular weight is 348 g/mol. The minimum atomic E-state index is -0.923. The van der Waals surface area contributed by atoms with Crippen molar-refractivity contribution >= 4 is 29.1 Å². The number of carbonyl (C=O) groups is 1. The lowest BCUT2D eigenvalue weighted by atomic mass is 9.89. The van der Waals surface area contributed by atoms with Gasteiger partial charge >= 0.3 is 5.97 Å². The Bertz CT molecular complexity index is 939. The van der Waals surface area contributed by atoms with E-state index in [0.29, 0.717) is 0 Å². The molecule has 1 aliphatic heterocycles. The first kappa shape index (κ1) is 17.9. The minimum absolute atomic E-state index is 0.00428. The molecule has 0 saturated carbocycles. The van der Waals surface area contributed by atoms with E-state index in [1.165, 1.54) is 16.8 Å². The number of benzene rings is 2. The van der Waals surface area contributed by atoms with Crippen molar-refractivity contribution in [1.29, 1.82) is 0 Å². The number of aromatic carboxylic acids is 1. The van der Waals surface area contributed by atoms with Gasteiger partial charge in [0.25, 0.3) is 0 Å². The summed E-state index contributed by atoms with van der Waals surface area (Å²) in [4.78, 5) is 17.9. The van der Waals surface area contributed by atoms with Gasteiger partial charge in [-0.05, 0) is 74.7 Å². The van der Waals surface area contributed by atoms with Crippen LogP contribution in [0.3, 0.4) is 0 Å². The summed E-state index contributed by atoms with van der Waals surface area (Å²) in [6.07, 6.45) is 4.11. The molecule has 0 fully saturated rings. The fraction of sp³-hybridized carbons (Fsp3) is 0.273. The highest BCUT2D eigenvalue weighted by Crippen LogP contribution is 2.38. The molecule has 2 aromatic carbocycles. The third kappa shape index (κ3) is 3.27. The van der Waals surface area contributed by atoms with Crippen LogP contribution in [0.4, 0.5) is 11.4 Å². The molecule has 0 aliphatic carbocycles. The zero-order valence-corrected chi connectivity index (χ0v) is 15.9. The highest BCUT2D eigenvalue weighted by atomic mass is 16.4. The summed E-state index contributed by atoms with van der Waals surface area (Å²) in [6, 6.07) is 11.3. The number of nitrogens with zero attached hydrogens (tertiary/aromatic N) is 2. The Kier molecular flexibility index (Phi) is 4.45. The first-order valence-corrected chi connectivity index (χ1v) is 8.65. The fourth-order valence-electron chi connectivity index (χ4n) is 3.33. The van der Waals surface area contributed by atoms with Gasteiger partial charge < -0.3 is 10.0 Å². The van der Waals surface area contributed by atoms with Crippen LogP contribution in [0.2, 0.25) is 0 Å². The van der Waals surface area contributed by atoms with Gasteiger partial charge in [-0.25, -0.2) is 4.79 Å². The lowest BCUT2D eigenvalue weighted by Crippen LogP contribution is -2.42. The second-order valence-corrected chi connectivity index (χ2v) is 7.38. The normalized spacial score (nSPS) is 15.7. The lowest BCUT2D eigenvalue weighted by molar-refractivity contribution is 0.0697. The van der Waals surface area contributed by atoms with E-state index >= 15 is 0 Å². The molecule has 134 valence electrons. The number of hydrogen-bond donors (Lipinski definition) is 1. The topological polar surface area (TPSA) is 52.9 Å². The molecular formula is C22H24N2O2. The Balaban J connectivity index is 1.92. The van der Waals surface area contributed by atoms with Crippen LogP contribution in [0.1, 0.15) is 47.8 Å². The summed E-state index contributed by atoms with van der Waals surface area (Å²) in [6.45, 7) is 8.43. The van der Waals surface area contributed by atoms with E-state index < -0.39 is 5.97 Å². The van der Waals surface area contributed by atoms with E-state index in [4.69, 9.17) is 5.11 Å². The SMILES string of the molecule is CC1=CC(C)(C)N(C)c2ccc(C=Nc3ccc(C(=O)O)cc3C)cc21. The highest BCUT2D eigenvalue weighted by Gasteiger charge is 2.28. The predicted octanol–water partition coefficient (Wildman–Crippen LogP) is 5.08. The summed E-state index contributed by atoms with van der Waals surface area (Å²) < 4.78 is 0. The number of anilines is 1. The number of hydrogen-bond acceptors (Lipinski definition) is 3. The number of carboxylic acids is 1. The first-order chi connectivity index (χ1) is 12.2. The molecule has 4 nitrogen and oxygen atoms in total. The summed E-state index contributed by atoms with van der Waals surface area (Å²) in [5.41, 5.74) is 6.61. The number of aliphatic imine (C=N–C) groups is 1. The molecule has 0 unspecified atom stereocenters. The van der Waals surface area contributed by atoms with Crippen molar-refractivity contribution in [1.82, 2.24) is 0 Å². The Labute approximate surface area is 154 Å². The van der Waals surface area contributed by atoms with Crippen molar-refractivity contribution in [3.8, 4) is 0 Å². The molecule has 4 heteroatoms. The van der Waals surface area contributed by atoms with Gasteiger partial charge in [-0.3, -0.25) is 4.99 Å². The van der Waals surface area contributed by atoms with Gasteiger partial charge in [0.15, 0.2) is 0 Å². The molecule has 0 amide bonds. The molecule has 0 spiro atoms. The van der Waals surface area contributed by atoms with Crippen molar-refractivity contribution in [2.75, 3.05) is 11.9 Å². The molecule has 0 saturated heterocycles. The maximum atomic E-state index is 11.0. The second-order valence-electron chi connectivity index (χ2n) is 7.38. The molecule has 3 rings (SSSR count). The van der Waals surface area contributed by atoms with E-state index in [1.54, 1.807) is 18.2 Å². The molecule has 0 bridgehead atoms. The zero-order valence-electron chi connectivity index (χ0n) is 15.9. The largest absolute Gasteiger partial charge is 0.478 e. The summed E-state index contributed by atoms with van der Waals surface area (Å²) >= 11 is 0. The maximum Gasteiger partial charge on any atom is 0.335 e. The molecule has 26 heavy (non-hydrogen) atoms. The van der Waals surface area contributed by atoms with E-state index in [9.17, 15) is 4.79 Å². The fourth-order valence-corrected chi connectivity index (χ4v) is 3.33. The maximum absolute atomic E-state index is 11.0. The van der Waals surface area contributed by atoms with Crippen LogP contribution in [0.5, 0.6) is 0 Å². The highest BCUT2D eigenvalue weighted by molar-refractivity contribution is 5.90. The van der Waals surface area contributed by atoms with Gasteiger partial charge in [0.1, 0.15) is 0 Å². The van der Waals surface area contributed by atoms with E-state index in [1.807, 2.05) is 13.1 Å². The lowest BCUT2D eigenvalue weighted by Gasteiger charge is -2.40. The third-order valence-corrected chi connectivity index (χ3v) is 5.04. The van der Waals surface area contributed by atoms with E-state index in [-0.39, 0.29) is 11.1 Å². The Morgan fingerprint density at radius 1 is 1.15 bits per heavy atom. The molecule has 2 aromatic rings. The van der Waals surface area contributed by atoms with E-state index in [0.717, 1.165) is 16.8 Å². The average Bonchev–Trinajstić information content (AvgIpc) is 2.58. The number of aryl methyl sites for hydroxylation is 1. The molecule has 1 N–H and O–H groups in total. The predicted molar refractivity (Wildman–Crippen MR) is 108 cm³/mol. The van der Waals surface area contributed by atoms with Crippen LogP contribution in [-0.2, 0) is 0 Å². The smallest absolute Gasteiger partial charge is 0.335 e. The van der Waals surface area contributed by atoms with Crippen LogP contribution in [-0.4, -0.2) is 29.9 Å². The van der Waals surface area contributed by atoms with Crippen molar-refractivity contribution in [3.63, 3.8) is 0 Å². The van der Waals surface area contributed by atoms with Crippen molar-refractivity contribution in [3.05, 3.63) is 64.7 Å². The van der Waals surface area contributed by atoms with Gasteiger partial charge in [0.2, 0.25) is 0 Å².